The van der Waals surface area contributed by atoms with Crippen molar-refractivity contribution in [2.45, 2.75) is 0 Å². The van der Waals surface area contributed by atoms with Gasteiger partial charge in [0, 0.05) is 9.91 Å². The summed E-state index contributed by atoms with van der Waals surface area (Å²) in [5, 5.41) is 1.54. The van der Waals surface area contributed by atoms with Gasteiger partial charge in [-0.3, -0.25) is 0 Å². The largest absolute Gasteiger partial charge is 0.220 e. The van der Waals surface area contributed by atoms with Crippen LogP contribution in [0.25, 0.3) is 0 Å². The zero-order valence-corrected chi connectivity index (χ0v) is 4.58. The Morgan fingerprint density at radius 3 is 2.40 bits per heavy atom. The molecule has 5 heavy (non-hydrogen) atoms. The highest BCUT2D eigenvalue weighted by Gasteiger charge is 1.27. The Morgan fingerprint density at radius 1 is 1.80 bits per heavy atom. The molecule has 0 atom stereocenters. The van der Waals surface area contributed by atoms with Crippen LogP contribution >= 0.6 is 0 Å². The van der Waals surface area contributed by atoms with Gasteiger partial charge in [-0.05, 0) is 20.1 Å². The van der Waals surface area contributed by atoms with Gasteiger partial charge >= 0.3 is 0 Å². The Balaban J connectivity index is 4.38. The lowest BCUT2D eigenvalue weighted by molar-refractivity contribution is 0.572. The van der Waals surface area contributed by atoms with Gasteiger partial charge in [-0.15, -0.1) is 0 Å². The van der Waals surface area contributed by atoms with Crippen LogP contribution in [-0.2, 0) is 34.8 Å². The average Bonchev–Trinajstić information content (AvgIpc) is 1.41. The molecule has 0 aliphatic carbocycles. The van der Waals surface area contributed by atoms with E-state index < -0.39 is 0 Å². The molecule has 0 amide bonds. The van der Waals surface area contributed by atoms with Gasteiger partial charge in [-0.2, -0.15) is 0 Å². The summed E-state index contributed by atoms with van der Waals surface area (Å²) in [5.41, 5.74) is 0. The van der Waals surface area contributed by atoms with E-state index in [1.807, 2.05) is 0 Å². The van der Waals surface area contributed by atoms with Crippen molar-refractivity contribution in [3.8, 4) is 0 Å². The first-order valence-corrected chi connectivity index (χ1v) is 3.82. The predicted octanol–water partition coefficient (Wildman–Crippen LogP) is -0.404. The lowest BCUT2D eigenvalue weighted by Crippen LogP contribution is -1.32. The fraction of sp³-hybridized carbons (Fsp3) is 0. The van der Waals surface area contributed by atoms with Crippen LogP contribution < -0.4 is 0 Å². The summed E-state index contributed by atoms with van der Waals surface area (Å²) >= 11 is 4.27. The predicted molar refractivity (Wildman–Crippen MR) is 27.8 cm³/mol. The third-order valence-corrected chi connectivity index (χ3v) is 1.22. The van der Waals surface area contributed by atoms with E-state index >= 15 is 0 Å². The first-order valence-electron chi connectivity index (χ1n) is 0.742. The molecule has 1 nitrogen and oxygen atoms in total. The molecular formula is COS3. The number of rotatable bonds is 0. The van der Waals surface area contributed by atoms with Gasteiger partial charge in [-0.1, -0.05) is 0 Å². The minimum Gasteiger partial charge on any atom is -0.220 e. The maximum Gasteiger partial charge on any atom is 0.202 e. The molecule has 0 bridgehead atoms. The van der Waals surface area contributed by atoms with Crippen molar-refractivity contribution in [1.29, 1.82) is 0 Å². The first kappa shape index (κ1) is 5.24. The second-order valence-electron chi connectivity index (χ2n) is 0.235. The summed E-state index contributed by atoms with van der Waals surface area (Å²) in [5.74, 6) is 0. The van der Waals surface area contributed by atoms with Gasteiger partial charge in [0.25, 0.3) is 0 Å². The zero-order chi connectivity index (χ0) is 4.12. The molecule has 0 saturated heterocycles. The molecule has 4 heteroatoms. The van der Waals surface area contributed by atoms with Gasteiger partial charge in [0.15, 0.2) is 0 Å². The van der Waals surface area contributed by atoms with Crippen LogP contribution in [0.1, 0.15) is 0 Å². The van der Waals surface area contributed by atoms with E-state index in [9.17, 15) is 0 Å². The Bertz CT molecular complexity index is 98.9. The van der Waals surface area contributed by atoms with Crippen LogP contribution in [-0.4, -0.2) is 5.23 Å². The summed E-state index contributed by atoms with van der Waals surface area (Å²) in [4.78, 5) is 9.16. The molecule has 0 N–H and O–H groups in total. The third-order valence-electron chi connectivity index (χ3n) is 0.0680. The van der Waals surface area contributed by atoms with Crippen LogP contribution in [0.3, 0.4) is 0 Å². The quantitative estimate of drug-likeness (QED) is 0.409. The van der Waals surface area contributed by atoms with E-state index in [1.54, 1.807) is 5.23 Å². The van der Waals surface area contributed by atoms with Crippen molar-refractivity contribution in [3.05, 3.63) is 0 Å². The molecule has 0 rings (SSSR count). The average molecular weight is 124 g/mol. The van der Waals surface area contributed by atoms with E-state index in [0.29, 0.717) is 0 Å². The second-order valence-corrected chi connectivity index (χ2v) is 2.84. The van der Waals surface area contributed by atoms with Gasteiger partial charge in [0.1, 0.15) is 0 Å². The molecule has 0 aliphatic rings. The first-order chi connectivity index (χ1) is 2.41. The Morgan fingerprint density at radius 2 is 2.40 bits per heavy atom. The normalized spacial score (nSPS) is 4.80. The van der Waals surface area contributed by atoms with Crippen LogP contribution in [0.5, 0.6) is 0 Å². The SMILES string of the molecule is O=C=S=S=S. The maximum absolute atomic E-state index is 9.16. The van der Waals surface area contributed by atoms with Gasteiger partial charge in [0.2, 0.25) is 5.23 Å². The molecule has 0 aromatic carbocycles. The van der Waals surface area contributed by atoms with Crippen molar-refractivity contribution in [3.63, 3.8) is 0 Å². The maximum atomic E-state index is 9.16. The number of hydrogen-bond acceptors (Lipinski definition) is 2. The number of hydrogen-bond donors (Lipinski definition) is 0. The topological polar surface area (TPSA) is 17.1 Å². The standard InChI is InChI=1S/COS3/c2-1-4-5-3. The monoisotopic (exact) mass is 124 g/mol. The minimum atomic E-state index is 0.889. The summed E-state index contributed by atoms with van der Waals surface area (Å²) in [7, 11) is 1.87. The van der Waals surface area contributed by atoms with Crippen molar-refractivity contribution in [2.24, 2.45) is 0 Å². The van der Waals surface area contributed by atoms with Gasteiger partial charge in [0.05, 0.1) is 0 Å². The molecular weight excluding hydrogens is 124 g/mol. The highest BCUT2D eigenvalue weighted by Crippen LogP contribution is 1.16. The molecule has 0 spiro atoms. The van der Waals surface area contributed by atoms with Crippen LogP contribution in [0.15, 0.2) is 0 Å². The molecule has 0 saturated carbocycles. The van der Waals surface area contributed by atoms with Crippen LogP contribution in [0, 0.1) is 0 Å². The molecule has 0 aromatic rings. The summed E-state index contributed by atoms with van der Waals surface area (Å²) in [6.45, 7) is 0. The highest BCUT2D eigenvalue weighted by molar-refractivity contribution is 8.41. The molecule has 0 fully saturated rings. The minimum absolute atomic E-state index is 0.889. The van der Waals surface area contributed by atoms with Crippen molar-refractivity contribution >= 4 is 35.2 Å². The fourth-order valence-corrected chi connectivity index (χ4v) is 0.375. The molecule has 0 aromatic heterocycles. The van der Waals surface area contributed by atoms with Gasteiger partial charge < -0.3 is 0 Å². The lowest BCUT2D eigenvalue weighted by atomic mass is 11.9. The highest BCUT2D eigenvalue weighted by atomic mass is 33.1. The van der Waals surface area contributed by atoms with Crippen LogP contribution in [0.2, 0.25) is 0 Å². The van der Waals surface area contributed by atoms with Crippen LogP contribution in [0.4, 0.5) is 0 Å². The van der Waals surface area contributed by atoms with Crippen molar-refractivity contribution in [1.82, 2.24) is 0 Å². The molecule has 0 aliphatic heterocycles. The lowest BCUT2D eigenvalue weighted by Gasteiger charge is -1.19. The smallest absolute Gasteiger partial charge is 0.202 e. The van der Waals surface area contributed by atoms with E-state index in [0.717, 1.165) is 18.8 Å². The van der Waals surface area contributed by atoms with Crippen molar-refractivity contribution < 1.29 is 4.79 Å². The Kier molecular flexibility index (Phi) is 4.44. The van der Waals surface area contributed by atoms with E-state index in [-0.39, 0.29) is 0 Å². The fourth-order valence-electron chi connectivity index (χ4n) is 0.0139. The Hall–Kier alpha value is 0.240. The molecule has 28 valence electrons. The zero-order valence-electron chi connectivity index (χ0n) is 2.13. The molecule has 0 radical (unpaired) electrons. The van der Waals surface area contributed by atoms with E-state index in [2.05, 4.69) is 11.2 Å². The summed E-state index contributed by atoms with van der Waals surface area (Å²) < 4.78 is 0. The molecule has 0 unspecified atom stereocenters. The number of carbonyl (C=O) groups excluding carboxylic acids is 1. The second kappa shape index (κ2) is 4.24. The summed E-state index contributed by atoms with van der Waals surface area (Å²) in [6.07, 6.45) is 0. The van der Waals surface area contributed by atoms with Crippen molar-refractivity contribution in [2.75, 3.05) is 0 Å². The van der Waals surface area contributed by atoms with E-state index in [4.69, 9.17) is 4.79 Å². The molecule has 0 heterocycles. The Labute approximate surface area is 40.4 Å². The third kappa shape index (κ3) is 4.24. The van der Waals surface area contributed by atoms with E-state index in [1.165, 1.54) is 0 Å². The van der Waals surface area contributed by atoms with Gasteiger partial charge in [-0.25, -0.2) is 4.79 Å². The summed E-state index contributed by atoms with van der Waals surface area (Å²) in [6, 6.07) is 0.